The maximum atomic E-state index is 12.5. The molecule has 7 heteroatoms. The van der Waals surface area contributed by atoms with E-state index < -0.39 is 0 Å². The molecule has 1 saturated heterocycles. The lowest BCUT2D eigenvalue weighted by Gasteiger charge is -2.34. The van der Waals surface area contributed by atoms with Crippen molar-refractivity contribution in [1.29, 1.82) is 0 Å². The average Bonchev–Trinajstić information content (AvgIpc) is 2.88. The van der Waals surface area contributed by atoms with Gasteiger partial charge < -0.3 is 5.32 Å². The van der Waals surface area contributed by atoms with E-state index in [2.05, 4.69) is 57.6 Å². The molecule has 3 aromatic carbocycles. The Morgan fingerprint density at radius 1 is 0.771 bits per heavy atom. The van der Waals surface area contributed by atoms with Crippen LogP contribution in [0.5, 0.6) is 0 Å². The van der Waals surface area contributed by atoms with Crippen LogP contribution in [0.2, 0.25) is 10.0 Å². The molecule has 1 aliphatic rings. The second-order valence-electron chi connectivity index (χ2n) is 8.79. The smallest absolute Gasteiger partial charge is 0.251 e. The molecule has 0 bridgehead atoms. The van der Waals surface area contributed by atoms with Crippen molar-refractivity contribution in [3.05, 3.63) is 105 Å². The van der Waals surface area contributed by atoms with E-state index >= 15 is 0 Å². The van der Waals surface area contributed by atoms with Crippen LogP contribution in [-0.4, -0.2) is 54.2 Å². The Balaban J connectivity index is 1.13. The Morgan fingerprint density at radius 3 is 2.00 bits per heavy atom. The molecular weight excluding hydrogens is 497 g/mol. The van der Waals surface area contributed by atoms with Gasteiger partial charge in [-0.3, -0.25) is 14.6 Å². The van der Waals surface area contributed by atoms with Gasteiger partial charge in [0.25, 0.3) is 5.91 Å². The molecular formula is C28H31Cl2N3OS. The molecule has 0 radical (unpaired) electrons. The molecule has 4 rings (SSSR count). The standard InChI is InChI=1S/C28H31Cl2N3OS/c29-26-11-8-24(18-27(26)30)21-35-17-12-31-28(34)25-9-6-23(7-10-25)20-33-15-13-32(14-16-33)19-22-4-2-1-3-5-22/h1-11,18H,12-17,19-21H2,(H,31,34). The molecule has 0 aromatic heterocycles. The van der Waals surface area contributed by atoms with Gasteiger partial charge in [0.05, 0.1) is 10.0 Å². The van der Waals surface area contributed by atoms with Gasteiger partial charge in [-0.05, 0) is 41.0 Å². The Labute approximate surface area is 222 Å². The maximum absolute atomic E-state index is 12.5. The van der Waals surface area contributed by atoms with Crippen molar-refractivity contribution in [2.75, 3.05) is 38.5 Å². The SMILES string of the molecule is O=C(NCCSCc1ccc(Cl)c(Cl)c1)c1ccc(CN2CCN(Cc3ccccc3)CC2)cc1. The topological polar surface area (TPSA) is 35.6 Å². The zero-order valence-electron chi connectivity index (χ0n) is 19.8. The molecule has 4 nitrogen and oxygen atoms in total. The molecule has 3 aromatic rings. The lowest BCUT2D eigenvalue weighted by molar-refractivity contribution is 0.0956. The quantitative estimate of drug-likeness (QED) is 0.329. The third-order valence-electron chi connectivity index (χ3n) is 6.12. The van der Waals surface area contributed by atoms with Crippen LogP contribution >= 0.6 is 35.0 Å². The summed E-state index contributed by atoms with van der Waals surface area (Å²) in [6.45, 7) is 6.86. The van der Waals surface area contributed by atoms with Crippen molar-refractivity contribution in [2.24, 2.45) is 0 Å². The summed E-state index contributed by atoms with van der Waals surface area (Å²) in [5.41, 5.74) is 4.45. The van der Waals surface area contributed by atoms with Crippen molar-refractivity contribution >= 4 is 40.9 Å². The summed E-state index contributed by atoms with van der Waals surface area (Å²) in [6, 6.07) is 24.4. The van der Waals surface area contributed by atoms with E-state index in [-0.39, 0.29) is 5.91 Å². The molecule has 0 unspecified atom stereocenters. The minimum Gasteiger partial charge on any atom is -0.351 e. The van der Waals surface area contributed by atoms with Crippen LogP contribution < -0.4 is 5.32 Å². The number of rotatable bonds is 10. The number of amides is 1. The Hall–Kier alpha value is -2.02. The zero-order valence-corrected chi connectivity index (χ0v) is 22.1. The summed E-state index contributed by atoms with van der Waals surface area (Å²) in [5, 5.41) is 4.15. The number of hydrogen-bond acceptors (Lipinski definition) is 4. The molecule has 1 fully saturated rings. The van der Waals surface area contributed by atoms with Gasteiger partial charge in [0.1, 0.15) is 0 Å². The van der Waals surface area contributed by atoms with Crippen molar-refractivity contribution in [3.8, 4) is 0 Å². The van der Waals surface area contributed by atoms with Crippen LogP contribution in [0.4, 0.5) is 0 Å². The third-order valence-corrected chi connectivity index (χ3v) is 7.89. The van der Waals surface area contributed by atoms with Crippen LogP contribution in [0.1, 0.15) is 27.0 Å². The Morgan fingerprint density at radius 2 is 1.37 bits per heavy atom. The van der Waals surface area contributed by atoms with Gasteiger partial charge >= 0.3 is 0 Å². The van der Waals surface area contributed by atoms with Crippen molar-refractivity contribution in [3.63, 3.8) is 0 Å². The monoisotopic (exact) mass is 527 g/mol. The molecule has 35 heavy (non-hydrogen) atoms. The number of nitrogens with zero attached hydrogens (tertiary/aromatic N) is 2. The number of nitrogens with one attached hydrogen (secondary N) is 1. The van der Waals surface area contributed by atoms with Crippen LogP contribution in [-0.2, 0) is 18.8 Å². The number of thioether (sulfide) groups is 1. The van der Waals surface area contributed by atoms with E-state index in [0.717, 1.165) is 56.3 Å². The lowest BCUT2D eigenvalue weighted by atomic mass is 10.1. The summed E-state index contributed by atoms with van der Waals surface area (Å²) in [6.07, 6.45) is 0. The number of halogens is 2. The fraction of sp³-hybridized carbons (Fsp3) is 0.321. The van der Waals surface area contributed by atoms with Crippen molar-refractivity contribution in [2.45, 2.75) is 18.8 Å². The predicted molar refractivity (Wildman–Crippen MR) is 148 cm³/mol. The first-order valence-electron chi connectivity index (χ1n) is 11.9. The van der Waals surface area contributed by atoms with Crippen molar-refractivity contribution < 1.29 is 4.79 Å². The van der Waals surface area contributed by atoms with Crippen LogP contribution in [0.15, 0.2) is 72.8 Å². The first-order chi connectivity index (χ1) is 17.1. The molecule has 1 amide bonds. The van der Waals surface area contributed by atoms with Gasteiger partial charge in [-0.1, -0.05) is 71.7 Å². The number of hydrogen-bond donors (Lipinski definition) is 1. The highest BCUT2D eigenvalue weighted by Gasteiger charge is 2.17. The lowest BCUT2D eigenvalue weighted by Crippen LogP contribution is -2.45. The van der Waals surface area contributed by atoms with E-state index in [9.17, 15) is 4.79 Å². The van der Waals surface area contributed by atoms with Gasteiger partial charge in [-0.2, -0.15) is 11.8 Å². The third kappa shape index (κ3) is 8.26. The maximum Gasteiger partial charge on any atom is 0.251 e. The second kappa shape index (κ2) is 13.3. The fourth-order valence-corrected chi connectivity index (χ4v) is 5.25. The van der Waals surface area contributed by atoms with Gasteiger partial charge in [-0.15, -0.1) is 0 Å². The first-order valence-corrected chi connectivity index (χ1v) is 13.9. The fourth-order valence-electron chi connectivity index (χ4n) is 4.13. The summed E-state index contributed by atoms with van der Waals surface area (Å²) in [7, 11) is 0. The van der Waals surface area contributed by atoms with Gasteiger partial charge in [0, 0.05) is 62.9 Å². The molecule has 0 aliphatic carbocycles. The molecule has 184 valence electrons. The van der Waals surface area contributed by atoms with Gasteiger partial charge in [0.15, 0.2) is 0 Å². The molecule has 1 N–H and O–H groups in total. The highest BCUT2D eigenvalue weighted by molar-refractivity contribution is 7.98. The number of carbonyl (C=O) groups is 1. The second-order valence-corrected chi connectivity index (χ2v) is 10.7. The average molecular weight is 529 g/mol. The largest absolute Gasteiger partial charge is 0.351 e. The Bertz CT molecular complexity index is 1090. The number of piperazine rings is 1. The normalized spacial score (nSPS) is 14.7. The van der Waals surface area contributed by atoms with Crippen LogP contribution in [0.25, 0.3) is 0 Å². The van der Waals surface area contributed by atoms with E-state index in [4.69, 9.17) is 23.2 Å². The Kier molecular flexibility index (Phi) is 9.93. The number of benzene rings is 3. The minimum absolute atomic E-state index is 0.0267. The van der Waals surface area contributed by atoms with Crippen LogP contribution in [0, 0.1) is 0 Å². The number of carbonyl (C=O) groups excluding carboxylic acids is 1. The van der Waals surface area contributed by atoms with Gasteiger partial charge in [0.2, 0.25) is 0 Å². The molecule has 1 heterocycles. The summed E-state index contributed by atoms with van der Waals surface area (Å²) >= 11 is 13.8. The highest BCUT2D eigenvalue weighted by Crippen LogP contribution is 2.24. The summed E-state index contributed by atoms with van der Waals surface area (Å²) < 4.78 is 0. The zero-order chi connectivity index (χ0) is 24.5. The molecule has 0 atom stereocenters. The van der Waals surface area contributed by atoms with Crippen LogP contribution in [0.3, 0.4) is 0 Å². The van der Waals surface area contributed by atoms with E-state index in [1.54, 1.807) is 11.8 Å². The summed E-state index contributed by atoms with van der Waals surface area (Å²) in [4.78, 5) is 17.5. The van der Waals surface area contributed by atoms with E-state index in [1.807, 2.05) is 30.3 Å². The van der Waals surface area contributed by atoms with Gasteiger partial charge in [-0.25, -0.2) is 0 Å². The summed E-state index contributed by atoms with van der Waals surface area (Å²) in [5.74, 6) is 1.64. The molecule has 0 spiro atoms. The predicted octanol–water partition coefficient (Wildman–Crippen LogP) is 5.97. The minimum atomic E-state index is -0.0267. The molecule has 0 saturated carbocycles. The molecule has 1 aliphatic heterocycles. The highest BCUT2D eigenvalue weighted by atomic mass is 35.5. The van der Waals surface area contributed by atoms with Crippen molar-refractivity contribution in [1.82, 2.24) is 15.1 Å². The van der Waals surface area contributed by atoms with E-state index in [1.165, 1.54) is 11.1 Å². The van der Waals surface area contributed by atoms with E-state index in [0.29, 0.717) is 22.2 Å². The first kappa shape index (κ1) is 26.1.